The number of anilines is 1. The Morgan fingerprint density at radius 3 is 2.65 bits per heavy atom. The molecule has 1 aliphatic rings. The summed E-state index contributed by atoms with van der Waals surface area (Å²) >= 11 is 0. The summed E-state index contributed by atoms with van der Waals surface area (Å²) < 4.78 is 10.6. The number of unbranched alkanes of at least 4 members (excludes halogenated alkanes) is 1. The zero-order chi connectivity index (χ0) is 21.9. The second kappa shape index (κ2) is 12.2. The monoisotopic (exact) mass is 425 g/mol. The van der Waals surface area contributed by atoms with Gasteiger partial charge in [-0.3, -0.25) is 0 Å². The normalized spacial score (nSPS) is 18.3. The summed E-state index contributed by atoms with van der Waals surface area (Å²) in [4.78, 5) is 18.6. The molecule has 0 aliphatic heterocycles. The molecule has 1 aromatic heterocycles. The lowest BCUT2D eigenvalue weighted by Crippen LogP contribution is -2.40. The topological polar surface area (TPSA) is 63.7 Å². The molecule has 2 aromatic rings. The molecular formula is C25H35N3O3. The summed E-state index contributed by atoms with van der Waals surface area (Å²) in [5.74, 6) is 1.13. The van der Waals surface area contributed by atoms with Gasteiger partial charge in [0, 0.05) is 37.1 Å². The molecule has 0 radical (unpaired) electrons. The number of rotatable bonds is 10. The fraction of sp³-hybridized carbons (Fsp3) is 0.520. The molecule has 1 aliphatic carbocycles. The van der Waals surface area contributed by atoms with Crippen molar-refractivity contribution in [2.45, 2.75) is 58.0 Å². The molecule has 3 rings (SSSR count). The lowest BCUT2D eigenvalue weighted by Gasteiger charge is -2.38. The summed E-state index contributed by atoms with van der Waals surface area (Å²) in [6, 6.07) is 15.1. The summed E-state index contributed by atoms with van der Waals surface area (Å²) in [5, 5.41) is 2.94. The molecule has 0 spiro atoms. The summed E-state index contributed by atoms with van der Waals surface area (Å²) in [6.07, 6.45) is 7.83. The maximum atomic E-state index is 11.8. The molecule has 31 heavy (non-hydrogen) atoms. The van der Waals surface area contributed by atoms with Gasteiger partial charge in [0.15, 0.2) is 0 Å². The minimum Gasteiger partial charge on any atom is -0.481 e. The summed E-state index contributed by atoms with van der Waals surface area (Å²) in [5.41, 5.74) is 2.42. The molecule has 0 atom stereocenters. The van der Waals surface area contributed by atoms with Crippen molar-refractivity contribution in [1.29, 1.82) is 0 Å². The number of hydrogen-bond acceptors (Lipinski definition) is 5. The van der Waals surface area contributed by atoms with E-state index in [-0.39, 0.29) is 6.09 Å². The lowest BCUT2D eigenvalue weighted by molar-refractivity contribution is 0.141. The first-order valence-corrected chi connectivity index (χ1v) is 11.4. The van der Waals surface area contributed by atoms with Gasteiger partial charge in [0.05, 0.1) is 13.7 Å². The average Bonchev–Trinajstić information content (AvgIpc) is 2.82. The number of ether oxygens (including phenoxy) is 2. The van der Waals surface area contributed by atoms with Crippen molar-refractivity contribution >= 4 is 11.8 Å². The molecule has 6 nitrogen and oxygen atoms in total. The average molecular weight is 426 g/mol. The van der Waals surface area contributed by atoms with Crippen LogP contribution in [0.25, 0.3) is 0 Å². The Hall–Kier alpha value is -2.76. The van der Waals surface area contributed by atoms with Crippen LogP contribution < -0.4 is 15.0 Å². The molecule has 1 aromatic carbocycles. The molecule has 0 unspecified atom stereocenters. The first-order valence-electron chi connectivity index (χ1n) is 11.4. The SMILES string of the molecule is CCCCOC(=O)NCC1CCC(N(Cc2ccccc2)c2ccnc(OC)c2)CC1. The number of alkyl carbamates (subject to hydrolysis) is 1. The molecule has 6 heteroatoms. The van der Waals surface area contributed by atoms with Gasteiger partial charge in [-0.05, 0) is 49.7 Å². The summed E-state index contributed by atoms with van der Waals surface area (Å²) in [7, 11) is 1.65. The molecule has 1 saturated carbocycles. The van der Waals surface area contributed by atoms with Gasteiger partial charge in [-0.1, -0.05) is 43.7 Å². The largest absolute Gasteiger partial charge is 0.481 e. The van der Waals surface area contributed by atoms with Crippen molar-refractivity contribution < 1.29 is 14.3 Å². The molecular weight excluding hydrogens is 390 g/mol. The van der Waals surface area contributed by atoms with E-state index in [1.807, 2.05) is 12.3 Å². The van der Waals surface area contributed by atoms with Crippen LogP contribution in [0.2, 0.25) is 0 Å². The van der Waals surface area contributed by atoms with E-state index in [4.69, 9.17) is 9.47 Å². The molecule has 0 bridgehead atoms. The van der Waals surface area contributed by atoms with Crippen molar-refractivity contribution in [2.75, 3.05) is 25.2 Å². The van der Waals surface area contributed by atoms with Crippen LogP contribution in [0, 0.1) is 5.92 Å². The second-order valence-electron chi connectivity index (χ2n) is 8.21. The maximum absolute atomic E-state index is 11.8. The van der Waals surface area contributed by atoms with Gasteiger partial charge in [-0.15, -0.1) is 0 Å². The Morgan fingerprint density at radius 2 is 1.94 bits per heavy atom. The Kier molecular flexibility index (Phi) is 9.00. The van der Waals surface area contributed by atoms with Crippen molar-refractivity contribution in [2.24, 2.45) is 5.92 Å². The van der Waals surface area contributed by atoms with E-state index >= 15 is 0 Å². The molecule has 0 saturated heterocycles. The van der Waals surface area contributed by atoms with Gasteiger partial charge in [0.25, 0.3) is 0 Å². The molecule has 1 fully saturated rings. The van der Waals surface area contributed by atoms with Crippen LogP contribution in [0.3, 0.4) is 0 Å². The minimum atomic E-state index is -0.287. The maximum Gasteiger partial charge on any atom is 0.407 e. The van der Waals surface area contributed by atoms with E-state index in [0.29, 0.717) is 31.0 Å². The van der Waals surface area contributed by atoms with E-state index in [9.17, 15) is 4.79 Å². The van der Waals surface area contributed by atoms with Crippen molar-refractivity contribution in [1.82, 2.24) is 10.3 Å². The van der Waals surface area contributed by atoms with Crippen molar-refractivity contribution in [3.63, 3.8) is 0 Å². The zero-order valence-electron chi connectivity index (χ0n) is 18.8. The third-order valence-corrected chi connectivity index (χ3v) is 5.98. The van der Waals surface area contributed by atoms with E-state index in [0.717, 1.165) is 50.8 Å². The zero-order valence-corrected chi connectivity index (χ0v) is 18.8. The van der Waals surface area contributed by atoms with Crippen LogP contribution in [0.1, 0.15) is 51.0 Å². The van der Waals surface area contributed by atoms with Gasteiger partial charge in [-0.2, -0.15) is 0 Å². The highest BCUT2D eigenvalue weighted by atomic mass is 16.5. The number of hydrogen-bond donors (Lipinski definition) is 1. The number of benzene rings is 1. The Labute approximate surface area is 186 Å². The van der Waals surface area contributed by atoms with Crippen LogP contribution in [-0.2, 0) is 11.3 Å². The van der Waals surface area contributed by atoms with E-state index in [1.165, 1.54) is 5.56 Å². The first-order chi connectivity index (χ1) is 15.2. The number of amides is 1. The Bertz CT molecular complexity index is 792. The van der Waals surface area contributed by atoms with E-state index < -0.39 is 0 Å². The predicted molar refractivity (Wildman–Crippen MR) is 123 cm³/mol. The fourth-order valence-electron chi connectivity index (χ4n) is 4.15. The van der Waals surface area contributed by atoms with Crippen molar-refractivity contribution in [3.05, 3.63) is 54.2 Å². The number of carbonyl (C=O) groups excluding carboxylic acids is 1. The van der Waals surface area contributed by atoms with Gasteiger partial charge >= 0.3 is 6.09 Å². The summed E-state index contributed by atoms with van der Waals surface area (Å²) in [6.45, 7) is 4.13. The second-order valence-corrected chi connectivity index (χ2v) is 8.21. The number of pyridine rings is 1. The number of nitrogens with one attached hydrogen (secondary N) is 1. The van der Waals surface area contributed by atoms with E-state index in [1.54, 1.807) is 7.11 Å². The molecule has 1 N–H and O–H groups in total. The number of aromatic nitrogens is 1. The third kappa shape index (κ3) is 7.16. The number of carbonyl (C=O) groups is 1. The standard InChI is InChI=1S/C25H35N3O3/c1-3-4-16-31-25(29)27-18-20-10-12-22(13-11-20)28(19-21-8-6-5-7-9-21)23-14-15-26-24(17-23)30-2/h5-9,14-15,17,20,22H,3-4,10-13,16,18-19H2,1-2H3,(H,27,29). The smallest absolute Gasteiger partial charge is 0.407 e. The Morgan fingerprint density at radius 1 is 1.16 bits per heavy atom. The first kappa shape index (κ1) is 22.9. The highest BCUT2D eigenvalue weighted by molar-refractivity contribution is 5.67. The van der Waals surface area contributed by atoms with Gasteiger partial charge in [-0.25, -0.2) is 9.78 Å². The minimum absolute atomic E-state index is 0.287. The van der Waals surface area contributed by atoms with E-state index in [2.05, 4.69) is 58.5 Å². The molecule has 1 amide bonds. The number of nitrogens with zero attached hydrogens (tertiary/aromatic N) is 2. The number of methoxy groups -OCH3 is 1. The van der Waals surface area contributed by atoms with Gasteiger partial charge in [0.1, 0.15) is 0 Å². The quantitative estimate of drug-likeness (QED) is 0.531. The van der Waals surface area contributed by atoms with Crippen LogP contribution in [0.4, 0.5) is 10.5 Å². The van der Waals surface area contributed by atoms with Crippen LogP contribution in [0.5, 0.6) is 5.88 Å². The van der Waals surface area contributed by atoms with Gasteiger partial charge < -0.3 is 19.7 Å². The Balaban J connectivity index is 1.58. The van der Waals surface area contributed by atoms with Crippen LogP contribution >= 0.6 is 0 Å². The molecule has 1 heterocycles. The lowest BCUT2D eigenvalue weighted by atomic mass is 9.85. The third-order valence-electron chi connectivity index (χ3n) is 5.98. The highest BCUT2D eigenvalue weighted by Crippen LogP contribution is 2.32. The molecule has 168 valence electrons. The highest BCUT2D eigenvalue weighted by Gasteiger charge is 2.27. The van der Waals surface area contributed by atoms with Crippen molar-refractivity contribution in [3.8, 4) is 5.88 Å². The van der Waals surface area contributed by atoms with Crippen LogP contribution in [-0.4, -0.2) is 37.4 Å². The predicted octanol–water partition coefficient (Wildman–Crippen LogP) is 5.18. The fourth-order valence-corrected chi connectivity index (χ4v) is 4.15. The van der Waals surface area contributed by atoms with Crippen LogP contribution in [0.15, 0.2) is 48.7 Å². The van der Waals surface area contributed by atoms with Gasteiger partial charge in [0.2, 0.25) is 5.88 Å².